The summed E-state index contributed by atoms with van der Waals surface area (Å²) in [6.45, 7) is 11.3. The number of amides is 1. The Kier molecular flexibility index (Phi) is 6.35. The van der Waals surface area contributed by atoms with Crippen LogP contribution in [0.3, 0.4) is 0 Å². The highest BCUT2D eigenvalue weighted by Gasteiger charge is 2.78. The maximum atomic E-state index is 12.9. The van der Waals surface area contributed by atoms with Gasteiger partial charge in [0, 0.05) is 13.3 Å². The van der Waals surface area contributed by atoms with E-state index in [9.17, 15) is 4.79 Å². The summed E-state index contributed by atoms with van der Waals surface area (Å²) in [6.07, 6.45) is 6.42. The number of hydrazone groups is 1. The zero-order chi connectivity index (χ0) is 23.2. The molecule has 0 aromatic heterocycles. The van der Waals surface area contributed by atoms with Gasteiger partial charge < -0.3 is 28.4 Å². The summed E-state index contributed by atoms with van der Waals surface area (Å²) < 4.78 is 37.4. The van der Waals surface area contributed by atoms with Crippen molar-refractivity contribution in [3.05, 3.63) is 0 Å². The molecule has 4 aliphatic rings. The van der Waals surface area contributed by atoms with E-state index in [4.69, 9.17) is 28.4 Å². The van der Waals surface area contributed by atoms with E-state index >= 15 is 0 Å². The minimum Gasteiger partial charge on any atom is -0.442 e. The molecular formula is C23H38N2O7. The molecular weight excluding hydrogens is 416 g/mol. The van der Waals surface area contributed by atoms with Crippen LogP contribution < -0.4 is 0 Å². The van der Waals surface area contributed by atoms with Crippen molar-refractivity contribution in [3.63, 3.8) is 0 Å². The van der Waals surface area contributed by atoms with E-state index < -0.39 is 35.3 Å². The molecule has 32 heavy (non-hydrogen) atoms. The predicted molar refractivity (Wildman–Crippen MR) is 115 cm³/mol. The average Bonchev–Trinajstić information content (AvgIpc) is 3.34. The van der Waals surface area contributed by atoms with Gasteiger partial charge in [-0.25, -0.2) is 0 Å². The van der Waals surface area contributed by atoms with Crippen LogP contribution in [-0.4, -0.2) is 65.3 Å². The topological polar surface area (TPSA) is 88.1 Å². The molecule has 3 fully saturated rings. The lowest BCUT2D eigenvalue weighted by Gasteiger charge is -2.52. The van der Waals surface area contributed by atoms with Gasteiger partial charge in [-0.2, -0.15) is 5.01 Å². The third-order valence-electron chi connectivity index (χ3n) is 6.46. The van der Waals surface area contributed by atoms with E-state index in [1.165, 1.54) is 37.6 Å². The van der Waals surface area contributed by atoms with Gasteiger partial charge in [-0.05, 0) is 34.1 Å². The van der Waals surface area contributed by atoms with Crippen LogP contribution in [0.2, 0.25) is 0 Å². The monoisotopic (exact) mass is 454 g/mol. The number of nitrogens with zero attached hydrogens (tertiary/aromatic N) is 2. The third kappa shape index (κ3) is 4.07. The van der Waals surface area contributed by atoms with Gasteiger partial charge in [-0.1, -0.05) is 39.0 Å². The minimum absolute atomic E-state index is 0.0800. The number of carbonyl (C=O) groups is 1. The lowest BCUT2D eigenvalue weighted by Crippen LogP contribution is -2.76. The molecule has 0 radical (unpaired) electrons. The molecule has 0 N–H and O–H groups in total. The molecule has 2 spiro atoms. The van der Waals surface area contributed by atoms with Gasteiger partial charge in [-0.15, -0.1) is 5.10 Å². The van der Waals surface area contributed by atoms with Crippen LogP contribution in [0.5, 0.6) is 0 Å². The fourth-order valence-corrected chi connectivity index (χ4v) is 5.11. The fraction of sp³-hybridized carbons (Fsp3) is 0.913. The van der Waals surface area contributed by atoms with Crippen molar-refractivity contribution >= 4 is 11.8 Å². The zero-order valence-corrected chi connectivity index (χ0v) is 20.3. The van der Waals surface area contributed by atoms with Crippen LogP contribution in [0.25, 0.3) is 0 Å². The van der Waals surface area contributed by atoms with Gasteiger partial charge >= 0.3 is 0 Å². The Hall–Kier alpha value is -1.26. The Morgan fingerprint density at radius 1 is 1.03 bits per heavy atom. The molecule has 9 nitrogen and oxygen atoms in total. The van der Waals surface area contributed by atoms with Crippen molar-refractivity contribution in [1.82, 2.24) is 5.01 Å². The molecule has 9 heteroatoms. The summed E-state index contributed by atoms with van der Waals surface area (Å²) in [5.41, 5.74) is -1.47. The molecule has 3 saturated heterocycles. The van der Waals surface area contributed by atoms with Crippen molar-refractivity contribution < 1.29 is 33.2 Å². The number of hydrogen-bond acceptors (Lipinski definition) is 8. The van der Waals surface area contributed by atoms with Crippen molar-refractivity contribution in [2.24, 2.45) is 5.10 Å². The number of ether oxygens (including phenoxy) is 6. The Morgan fingerprint density at radius 3 is 2.41 bits per heavy atom. The third-order valence-corrected chi connectivity index (χ3v) is 6.46. The molecule has 0 bridgehead atoms. The first-order valence-electron chi connectivity index (χ1n) is 12.0. The Labute approximate surface area is 190 Å². The molecule has 1 amide bonds. The second kappa shape index (κ2) is 8.51. The van der Waals surface area contributed by atoms with Crippen LogP contribution in [0.15, 0.2) is 5.10 Å². The standard InChI is InChI=1S/C23H38N2O7/c1-7-8-9-10-11-12-13-18-24-25(16(2)26)23(30-18)19-17(29-21(5,6)31-19)14-27-22(23)15-28-20(3,4)32-22/h17,19H,7-15H2,1-6H3/t17-,19-,22+,23-/m1/s1. The first kappa shape index (κ1) is 23.9. The van der Waals surface area contributed by atoms with E-state index in [0.717, 1.165) is 12.8 Å². The molecule has 4 rings (SSSR count). The van der Waals surface area contributed by atoms with Crippen molar-refractivity contribution in [2.75, 3.05) is 13.2 Å². The fourth-order valence-electron chi connectivity index (χ4n) is 5.11. The Morgan fingerprint density at radius 2 is 1.75 bits per heavy atom. The van der Waals surface area contributed by atoms with E-state index in [2.05, 4.69) is 12.0 Å². The van der Waals surface area contributed by atoms with Crippen molar-refractivity contribution in [2.45, 2.75) is 122 Å². The molecule has 4 aliphatic heterocycles. The van der Waals surface area contributed by atoms with Crippen LogP contribution in [-0.2, 0) is 33.2 Å². The van der Waals surface area contributed by atoms with Gasteiger partial charge in [0.2, 0.25) is 11.8 Å². The quantitative estimate of drug-likeness (QED) is 0.543. The summed E-state index contributed by atoms with van der Waals surface area (Å²) in [7, 11) is 0. The molecule has 4 atom stereocenters. The Bertz CT molecular complexity index is 753. The van der Waals surface area contributed by atoms with Crippen LogP contribution >= 0.6 is 0 Å². The van der Waals surface area contributed by atoms with Crippen LogP contribution in [0.1, 0.15) is 86.5 Å². The largest absolute Gasteiger partial charge is 0.442 e. The maximum Gasteiger partial charge on any atom is 0.291 e. The smallest absolute Gasteiger partial charge is 0.291 e. The molecule has 0 aromatic carbocycles. The number of carbonyl (C=O) groups excluding carboxylic acids is 1. The maximum absolute atomic E-state index is 12.9. The number of hydrogen-bond donors (Lipinski definition) is 0. The van der Waals surface area contributed by atoms with Crippen LogP contribution in [0.4, 0.5) is 0 Å². The van der Waals surface area contributed by atoms with Crippen molar-refractivity contribution in [1.29, 1.82) is 0 Å². The van der Waals surface area contributed by atoms with E-state index in [0.29, 0.717) is 12.3 Å². The second-order valence-corrected chi connectivity index (χ2v) is 10.1. The summed E-state index contributed by atoms with van der Waals surface area (Å²) in [6, 6.07) is 0. The first-order valence-corrected chi connectivity index (χ1v) is 12.0. The van der Waals surface area contributed by atoms with Gasteiger partial charge in [-0.3, -0.25) is 4.79 Å². The van der Waals surface area contributed by atoms with E-state index in [-0.39, 0.29) is 19.1 Å². The average molecular weight is 455 g/mol. The van der Waals surface area contributed by atoms with E-state index in [1.807, 2.05) is 27.7 Å². The predicted octanol–water partition coefficient (Wildman–Crippen LogP) is 3.66. The molecule has 182 valence electrons. The first-order chi connectivity index (χ1) is 15.0. The lowest BCUT2D eigenvalue weighted by atomic mass is 9.88. The lowest BCUT2D eigenvalue weighted by molar-refractivity contribution is -0.386. The highest BCUT2D eigenvalue weighted by Crippen LogP contribution is 2.54. The zero-order valence-electron chi connectivity index (χ0n) is 20.3. The molecule has 0 unspecified atom stereocenters. The molecule has 0 aliphatic carbocycles. The highest BCUT2D eigenvalue weighted by atomic mass is 16.9. The number of fused-ring (bicyclic) bond motifs is 3. The van der Waals surface area contributed by atoms with Gasteiger partial charge in [0.1, 0.15) is 12.7 Å². The minimum atomic E-state index is -1.47. The van der Waals surface area contributed by atoms with Crippen molar-refractivity contribution in [3.8, 4) is 0 Å². The Balaban J connectivity index is 1.62. The summed E-state index contributed by atoms with van der Waals surface area (Å²) in [5, 5.41) is 5.94. The summed E-state index contributed by atoms with van der Waals surface area (Å²) in [4.78, 5) is 12.9. The van der Waals surface area contributed by atoms with Crippen LogP contribution in [0, 0.1) is 0 Å². The van der Waals surface area contributed by atoms with E-state index in [1.54, 1.807) is 0 Å². The van der Waals surface area contributed by atoms with Gasteiger partial charge in [0.05, 0.1) is 6.61 Å². The summed E-state index contributed by atoms with van der Waals surface area (Å²) >= 11 is 0. The number of rotatable bonds is 7. The molecule has 4 heterocycles. The summed E-state index contributed by atoms with van der Waals surface area (Å²) in [5.74, 6) is -2.96. The highest BCUT2D eigenvalue weighted by molar-refractivity contribution is 5.83. The normalized spacial score (nSPS) is 37.1. The number of unbranched alkanes of at least 4 members (excludes halogenated alkanes) is 5. The second-order valence-electron chi connectivity index (χ2n) is 10.1. The van der Waals surface area contributed by atoms with Gasteiger partial charge in [0.15, 0.2) is 17.7 Å². The molecule has 0 saturated carbocycles. The SMILES string of the molecule is CCCCCCCCC1=NN(C(C)=O)[C@@]2(O1)[C@@H]1OC(C)(C)O[C@@H]1CO[C@]21COC(C)(C)O1. The van der Waals surface area contributed by atoms with Gasteiger partial charge in [0.25, 0.3) is 11.5 Å². The molecule has 0 aromatic rings.